The molecular formula is C15H15NO4. The van der Waals surface area contributed by atoms with Crippen molar-refractivity contribution in [1.82, 2.24) is 5.16 Å². The number of benzene rings is 1. The van der Waals surface area contributed by atoms with Crippen molar-refractivity contribution in [3.8, 4) is 5.75 Å². The molecular weight excluding hydrogens is 258 g/mol. The second-order valence-electron chi connectivity index (χ2n) is 4.75. The first kappa shape index (κ1) is 12.9. The van der Waals surface area contributed by atoms with Gasteiger partial charge in [0.1, 0.15) is 24.7 Å². The van der Waals surface area contributed by atoms with Gasteiger partial charge in [-0.2, -0.15) is 0 Å². The molecule has 20 heavy (non-hydrogen) atoms. The molecule has 104 valence electrons. The monoisotopic (exact) mass is 273 g/mol. The number of methoxy groups -OCH3 is 1. The van der Waals surface area contributed by atoms with Crippen molar-refractivity contribution in [2.75, 3.05) is 7.11 Å². The molecule has 0 aliphatic heterocycles. The number of hydrogen-bond acceptors (Lipinski definition) is 5. The third-order valence-electron chi connectivity index (χ3n) is 3.28. The third-order valence-corrected chi connectivity index (χ3v) is 3.28. The fraction of sp³-hybridized carbons (Fsp3) is 0.333. The zero-order chi connectivity index (χ0) is 13.9. The zero-order valence-corrected chi connectivity index (χ0v) is 11.2. The topological polar surface area (TPSA) is 61.6 Å². The number of nitrogens with zero attached hydrogens (tertiary/aromatic N) is 1. The second kappa shape index (κ2) is 5.46. The number of aromatic nitrogens is 1. The number of fused-ring (bicyclic) bond motifs is 1. The fourth-order valence-corrected chi connectivity index (χ4v) is 2.31. The van der Waals surface area contributed by atoms with Crippen LogP contribution >= 0.6 is 0 Å². The number of ketones is 1. The van der Waals surface area contributed by atoms with Crippen LogP contribution in [0.25, 0.3) is 0 Å². The van der Waals surface area contributed by atoms with E-state index in [4.69, 9.17) is 14.0 Å². The van der Waals surface area contributed by atoms with Gasteiger partial charge >= 0.3 is 0 Å². The Hall–Kier alpha value is -2.14. The largest absolute Gasteiger partial charge is 0.487 e. The number of Topliss-reactive ketones (excluding diaryl/α,β-unsaturated/α-hetero) is 1. The van der Waals surface area contributed by atoms with Gasteiger partial charge in [0.15, 0.2) is 11.5 Å². The molecule has 0 N–H and O–H groups in total. The Labute approximate surface area is 116 Å². The molecule has 1 heterocycles. The lowest BCUT2D eigenvalue weighted by molar-refractivity contribution is 0.0994. The van der Waals surface area contributed by atoms with Crippen LogP contribution in [0.3, 0.4) is 0 Å². The third kappa shape index (κ3) is 2.58. The molecule has 0 spiro atoms. The molecule has 0 bridgehead atoms. The summed E-state index contributed by atoms with van der Waals surface area (Å²) in [6.07, 6.45) is 1.40. The first-order valence-corrected chi connectivity index (χ1v) is 6.48. The fourth-order valence-electron chi connectivity index (χ4n) is 2.31. The number of carbonyl (C=O) groups excluding carboxylic acids is 1. The van der Waals surface area contributed by atoms with Gasteiger partial charge in [0.05, 0.1) is 0 Å². The van der Waals surface area contributed by atoms with Crippen LogP contribution in [0.2, 0.25) is 0 Å². The van der Waals surface area contributed by atoms with E-state index < -0.39 is 0 Å². The average Bonchev–Trinajstić information content (AvgIpc) is 3.04. The molecule has 2 aromatic rings. The van der Waals surface area contributed by atoms with Crippen LogP contribution in [0.4, 0.5) is 0 Å². The highest BCUT2D eigenvalue weighted by molar-refractivity contribution is 6.00. The van der Waals surface area contributed by atoms with E-state index in [1.165, 1.54) is 0 Å². The molecule has 5 heteroatoms. The van der Waals surface area contributed by atoms with Crippen molar-refractivity contribution in [1.29, 1.82) is 0 Å². The van der Waals surface area contributed by atoms with Gasteiger partial charge in [-0.05, 0) is 30.2 Å². The van der Waals surface area contributed by atoms with Crippen molar-refractivity contribution < 1.29 is 18.8 Å². The molecule has 0 amide bonds. The van der Waals surface area contributed by atoms with Crippen LogP contribution in [0, 0.1) is 0 Å². The summed E-state index contributed by atoms with van der Waals surface area (Å²) in [6, 6.07) is 7.38. The SMILES string of the molecule is COCc1cc(COc2ccc3c(c2)CCC3=O)no1. The van der Waals surface area contributed by atoms with E-state index >= 15 is 0 Å². The van der Waals surface area contributed by atoms with Crippen molar-refractivity contribution >= 4 is 5.78 Å². The Kier molecular flexibility index (Phi) is 3.52. The van der Waals surface area contributed by atoms with Gasteiger partial charge < -0.3 is 14.0 Å². The number of aryl methyl sites for hydroxylation is 1. The molecule has 0 atom stereocenters. The lowest BCUT2D eigenvalue weighted by Crippen LogP contribution is -1.97. The van der Waals surface area contributed by atoms with Crippen molar-refractivity contribution in [3.05, 3.63) is 46.8 Å². The van der Waals surface area contributed by atoms with E-state index in [1.807, 2.05) is 18.2 Å². The van der Waals surface area contributed by atoms with Crippen molar-refractivity contribution in [2.24, 2.45) is 0 Å². The molecule has 3 rings (SSSR count). The molecule has 1 aromatic heterocycles. The molecule has 0 unspecified atom stereocenters. The zero-order valence-electron chi connectivity index (χ0n) is 11.2. The molecule has 0 fully saturated rings. The Morgan fingerprint density at radius 3 is 3.00 bits per heavy atom. The summed E-state index contributed by atoms with van der Waals surface area (Å²) >= 11 is 0. The van der Waals surface area contributed by atoms with Crippen LogP contribution in [-0.2, 0) is 24.4 Å². The van der Waals surface area contributed by atoms with E-state index in [9.17, 15) is 4.79 Å². The quantitative estimate of drug-likeness (QED) is 0.837. The van der Waals surface area contributed by atoms with E-state index in [0.717, 1.165) is 23.3 Å². The van der Waals surface area contributed by atoms with Crippen LogP contribution in [0.15, 0.2) is 28.8 Å². The van der Waals surface area contributed by atoms with E-state index in [-0.39, 0.29) is 5.78 Å². The van der Waals surface area contributed by atoms with Crippen LogP contribution in [-0.4, -0.2) is 18.0 Å². The van der Waals surface area contributed by atoms with Gasteiger partial charge in [-0.3, -0.25) is 4.79 Å². The predicted octanol–water partition coefficient (Wildman–Crippen LogP) is 2.53. The maximum absolute atomic E-state index is 11.5. The summed E-state index contributed by atoms with van der Waals surface area (Å²) in [4.78, 5) is 11.5. The molecule has 5 nitrogen and oxygen atoms in total. The Morgan fingerprint density at radius 1 is 1.25 bits per heavy atom. The first-order valence-electron chi connectivity index (χ1n) is 6.48. The minimum absolute atomic E-state index is 0.215. The molecule has 1 aromatic carbocycles. The minimum atomic E-state index is 0.215. The van der Waals surface area contributed by atoms with Crippen LogP contribution in [0.5, 0.6) is 5.75 Å². The van der Waals surface area contributed by atoms with Gasteiger partial charge in [-0.1, -0.05) is 5.16 Å². The lowest BCUT2D eigenvalue weighted by Gasteiger charge is -2.05. The standard InChI is InChI=1S/C15H15NO4/c1-18-9-13-7-11(16-20-13)8-19-12-3-4-14-10(6-12)2-5-15(14)17/h3-4,6-7H,2,5,8-9H2,1H3. The van der Waals surface area contributed by atoms with Gasteiger partial charge in [0, 0.05) is 25.2 Å². The van der Waals surface area contributed by atoms with Gasteiger partial charge in [-0.25, -0.2) is 0 Å². The first-order chi connectivity index (χ1) is 9.76. The summed E-state index contributed by atoms with van der Waals surface area (Å²) < 4.78 is 15.7. The smallest absolute Gasteiger partial charge is 0.163 e. The summed E-state index contributed by atoms with van der Waals surface area (Å²) in [5.74, 6) is 1.63. The van der Waals surface area contributed by atoms with Crippen molar-refractivity contribution in [3.63, 3.8) is 0 Å². The molecule has 0 saturated carbocycles. The Morgan fingerprint density at radius 2 is 2.15 bits per heavy atom. The van der Waals surface area contributed by atoms with Gasteiger partial charge in [0.2, 0.25) is 0 Å². The summed E-state index contributed by atoms with van der Waals surface area (Å²) in [6.45, 7) is 0.730. The number of ether oxygens (including phenoxy) is 2. The maximum Gasteiger partial charge on any atom is 0.163 e. The Bertz CT molecular complexity index is 633. The highest BCUT2D eigenvalue weighted by Crippen LogP contribution is 2.26. The molecule has 0 radical (unpaired) electrons. The highest BCUT2D eigenvalue weighted by atomic mass is 16.5. The molecule has 1 aliphatic carbocycles. The lowest BCUT2D eigenvalue weighted by atomic mass is 10.1. The normalized spacial score (nSPS) is 13.6. The molecule has 0 saturated heterocycles. The second-order valence-corrected chi connectivity index (χ2v) is 4.75. The summed E-state index contributed by atoms with van der Waals surface area (Å²) in [5.41, 5.74) is 2.60. The number of rotatable bonds is 5. The number of hydrogen-bond donors (Lipinski definition) is 0. The summed E-state index contributed by atoms with van der Waals surface area (Å²) in [7, 11) is 1.60. The number of carbonyl (C=O) groups is 1. The van der Waals surface area contributed by atoms with E-state index in [2.05, 4.69) is 5.16 Å². The minimum Gasteiger partial charge on any atom is -0.487 e. The van der Waals surface area contributed by atoms with Gasteiger partial charge in [-0.15, -0.1) is 0 Å². The van der Waals surface area contributed by atoms with E-state index in [0.29, 0.717) is 31.1 Å². The highest BCUT2D eigenvalue weighted by Gasteiger charge is 2.19. The van der Waals surface area contributed by atoms with Crippen LogP contribution in [0.1, 0.15) is 33.8 Å². The predicted molar refractivity (Wildman–Crippen MR) is 70.6 cm³/mol. The van der Waals surface area contributed by atoms with Crippen LogP contribution < -0.4 is 4.74 Å². The van der Waals surface area contributed by atoms with Gasteiger partial charge in [0.25, 0.3) is 0 Å². The molecule has 1 aliphatic rings. The van der Waals surface area contributed by atoms with Crippen molar-refractivity contribution in [2.45, 2.75) is 26.1 Å². The maximum atomic E-state index is 11.5. The van der Waals surface area contributed by atoms with E-state index in [1.54, 1.807) is 13.2 Å². The summed E-state index contributed by atoms with van der Waals surface area (Å²) in [5, 5.41) is 3.90. The Balaban J connectivity index is 1.65. The average molecular weight is 273 g/mol.